The quantitative estimate of drug-likeness (QED) is 0.646. The third kappa shape index (κ3) is 1.59. The van der Waals surface area contributed by atoms with Crippen molar-refractivity contribution in [3.8, 4) is 11.5 Å². The topological polar surface area (TPSA) is 18.5 Å². The van der Waals surface area contributed by atoms with Gasteiger partial charge in [0, 0.05) is 19.7 Å². The Morgan fingerprint density at radius 3 is 2.62 bits per heavy atom. The number of rotatable bonds is 1. The molecular weight excluding hydrogens is 188 g/mol. The molecule has 0 saturated heterocycles. The second kappa shape index (κ2) is 2.81. The van der Waals surface area contributed by atoms with Gasteiger partial charge in [-0.2, -0.15) is 0 Å². The van der Waals surface area contributed by atoms with Gasteiger partial charge in [0.1, 0.15) is 0 Å². The molecule has 0 atom stereocenters. The average molecular weight is 199 g/mol. The fraction of sp³-hybridized carbons (Fsp3) is 0.400. The first-order valence-electron chi connectivity index (χ1n) is 4.18. The molecule has 0 spiro atoms. The highest BCUT2D eigenvalue weighted by Crippen LogP contribution is 2.39. The summed E-state index contributed by atoms with van der Waals surface area (Å²) in [6, 6.07) is 5.75. The van der Waals surface area contributed by atoms with E-state index in [4.69, 9.17) is 21.1 Å². The van der Waals surface area contributed by atoms with Crippen molar-refractivity contribution in [2.75, 3.05) is 0 Å². The standard InChI is InChI=1S/C10H11ClO2/c1-10(2)12-8-4-3-7(6-11)5-9(8)13-10/h3-5H,6H2,1-2H3. The van der Waals surface area contributed by atoms with Crippen molar-refractivity contribution in [1.82, 2.24) is 0 Å². The zero-order valence-electron chi connectivity index (χ0n) is 7.63. The number of ether oxygens (including phenoxy) is 2. The number of alkyl halides is 1. The van der Waals surface area contributed by atoms with Crippen molar-refractivity contribution < 1.29 is 9.47 Å². The number of halogens is 1. The Hall–Kier alpha value is -0.890. The Bertz CT molecular complexity index is 334. The van der Waals surface area contributed by atoms with Crippen molar-refractivity contribution in [3.63, 3.8) is 0 Å². The molecule has 0 N–H and O–H groups in total. The van der Waals surface area contributed by atoms with Gasteiger partial charge in [0.25, 0.3) is 0 Å². The molecule has 1 aliphatic rings. The third-order valence-corrected chi connectivity index (χ3v) is 2.18. The Labute approximate surface area is 82.4 Å². The van der Waals surface area contributed by atoms with Gasteiger partial charge < -0.3 is 9.47 Å². The van der Waals surface area contributed by atoms with E-state index in [0.717, 1.165) is 17.1 Å². The number of hydrogen-bond donors (Lipinski definition) is 0. The highest BCUT2D eigenvalue weighted by molar-refractivity contribution is 6.17. The molecule has 1 aromatic carbocycles. The maximum atomic E-state index is 5.70. The molecule has 2 rings (SSSR count). The molecule has 1 aliphatic heterocycles. The van der Waals surface area contributed by atoms with E-state index >= 15 is 0 Å². The molecule has 0 bridgehead atoms. The van der Waals surface area contributed by atoms with Gasteiger partial charge in [-0.25, -0.2) is 0 Å². The van der Waals surface area contributed by atoms with Gasteiger partial charge in [0.2, 0.25) is 5.79 Å². The average Bonchev–Trinajstić information content (AvgIpc) is 2.36. The fourth-order valence-electron chi connectivity index (χ4n) is 1.35. The highest BCUT2D eigenvalue weighted by atomic mass is 35.5. The lowest BCUT2D eigenvalue weighted by Gasteiger charge is -2.16. The monoisotopic (exact) mass is 198 g/mol. The number of hydrogen-bond acceptors (Lipinski definition) is 2. The molecule has 1 aromatic rings. The maximum absolute atomic E-state index is 5.70. The van der Waals surface area contributed by atoms with Gasteiger partial charge in [-0.3, -0.25) is 0 Å². The third-order valence-electron chi connectivity index (χ3n) is 1.87. The van der Waals surface area contributed by atoms with Crippen LogP contribution < -0.4 is 9.47 Å². The Morgan fingerprint density at radius 2 is 1.92 bits per heavy atom. The van der Waals surface area contributed by atoms with Crippen LogP contribution in [0.2, 0.25) is 0 Å². The molecular formula is C10H11ClO2. The van der Waals surface area contributed by atoms with Crippen molar-refractivity contribution in [1.29, 1.82) is 0 Å². The van der Waals surface area contributed by atoms with E-state index in [0.29, 0.717) is 5.88 Å². The van der Waals surface area contributed by atoms with Crippen molar-refractivity contribution in [3.05, 3.63) is 23.8 Å². The van der Waals surface area contributed by atoms with Gasteiger partial charge in [0.05, 0.1) is 0 Å². The number of fused-ring (bicyclic) bond motifs is 1. The van der Waals surface area contributed by atoms with Crippen LogP contribution in [0, 0.1) is 0 Å². The minimum atomic E-state index is -0.548. The Morgan fingerprint density at radius 1 is 1.23 bits per heavy atom. The van der Waals surface area contributed by atoms with E-state index in [-0.39, 0.29) is 0 Å². The minimum absolute atomic E-state index is 0.497. The van der Waals surface area contributed by atoms with Crippen LogP contribution in [0.25, 0.3) is 0 Å². The van der Waals surface area contributed by atoms with Gasteiger partial charge in [-0.1, -0.05) is 6.07 Å². The predicted octanol–water partition coefficient (Wildman–Crippen LogP) is 2.93. The van der Waals surface area contributed by atoms with Crippen LogP contribution in [0.15, 0.2) is 18.2 Å². The first kappa shape index (κ1) is 8.70. The lowest BCUT2D eigenvalue weighted by atomic mass is 10.2. The first-order chi connectivity index (χ1) is 6.11. The molecule has 2 nitrogen and oxygen atoms in total. The molecule has 0 radical (unpaired) electrons. The van der Waals surface area contributed by atoms with Crippen molar-refractivity contribution >= 4 is 11.6 Å². The molecule has 0 fully saturated rings. The molecule has 0 aromatic heterocycles. The molecule has 1 heterocycles. The normalized spacial score (nSPS) is 17.5. The summed E-state index contributed by atoms with van der Waals surface area (Å²) in [6.45, 7) is 3.76. The van der Waals surface area contributed by atoms with E-state index < -0.39 is 5.79 Å². The van der Waals surface area contributed by atoms with E-state index in [2.05, 4.69) is 0 Å². The summed E-state index contributed by atoms with van der Waals surface area (Å²) in [5, 5.41) is 0. The lowest BCUT2D eigenvalue weighted by Crippen LogP contribution is -2.29. The first-order valence-corrected chi connectivity index (χ1v) is 4.71. The van der Waals surface area contributed by atoms with Gasteiger partial charge in [-0.05, 0) is 17.7 Å². The van der Waals surface area contributed by atoms with E-state index in [1.54, 1.807) is 0 Å². The van der Waals surface area contributed by atoms with Crippen LogP contribution in [-0.4, -0.2) is 5.79 Å². The lowest BCUT2D eigenvalue weighted by molar-refractivity contribution is -0.0431. The van der Waals surface area contributed by atoms with E-state index in [1.165, 1.54) is 0 Å². The molecule has 0 amide bonds. The van der Waals surface area contributed by atoms with Gasteiger partial charge in [0.15, 0.2) is 11.5 Å². The summed E-state index contributed by atoms with van der Waals surface area (Å²) < 4.78 is 11.1. The molecule has 0 saturated carbocycles. The van der Waals surface area contributed by atoms with E-state index in [9.17, 15) is 0 Å². The smallest absolute Gasteiger partial charge is 0.246 e. The van der Waals surface area contributed by atoms with Gasteiger partial charge in [-0.15, -0.1) is 11.6 Å². The van der Waals surface area contributed by atoms with Crippen LogP contribution in [0.3, 0.4) is 0 Å². The molecule has 3 heteroatoms. The molecule has 13 heavy (non-hydrogen) atoms. The van der Waals surface area contributed by atoms with Crippen molar-refractivity contribution in [2.45, 2.75) is 25.5 Å². The molecule has 0 aliphatic carbocycles. The van der Waals surface area contributed by atoms with Crippen LogP contribution in [-0.2, 0) is 5.88 Å². The van der Waals surface area contributed by atoms with E-state index in [1.807, 2.05) is 32.0 Å². The zero-order chi connectivity index (χ0) is 9.47. The summed E-state index contributed by atoms with van der Waals surface area (Å²) in [6.07, 6.45) is 0. The second-order valence-corrected chi connectivity index (χ2v) is 3.79. The summed E-state index contributed by atoms with van der Waals surface area (Å²) >= 11 is 5.70. The number of benzene rings is 1. The molecule has 0 unspecified atom stereocenters. The van der Waals surface area contributed by atoms with Crippen LogP contribution >= 0.6 is 11.6 Å². The fourth-order valence-corrected chi connectivity index (χ4v) is 1.52. The predicted molar refractivity (Wildman–Crippen MR) is 51.3 cm³/mol. The van der Waals surface area contributed by atoms with Crippen LogP contribution in [0.1, 0.15) is 19.4 Å². The largest absolute Gasteiger partial charge is 0.449 e. The van der Waals surface area contributed by atoms with Crippen molar-refractivity contribution in [2.24, 2.45) is 0 Å². The Kier molecular flexibility index (Phi) is 1.88. The zero-order valence-corrected chi connectivity index (χ0v) is 8.39. The van der Waals surface area contributed by atoms with Crippen LogP contribution in [0.5, 0.6) is 11.5 Å². The maximum Gasteiger partial charge on any atom is 0.246 e. The SMILES string of the molecule is CC1(C)Oc2ccc(CCl)cc2O1. The second-order valence-electron chi connectivity index (χ2n) is 3.52. The summed E-state index contributed by atoms with van der Waals surface area (Å²) in [5.41, 5.74) is 1.04. The summed E-state index contributed by atoms with van der Waals surface area (Å²) in [5.74, 6) is 1.52. The summed E-state index contributed by atoms with van der Waals surface area (Å²) in [4.78, 5) is 0. The summed E-state index contributed by atoms with van der Waals surface area (Å²) in [7, 11) is 0. The highest BCUT2D eigenvalue weighted by Gasteiger charge is 2.31. The van der Waals surface area contributed by atoms with Gasteiger partial charge >= 0.3 is 0 Å². The Balaban J connectivity index is 2.36. The molecule has 70 valence electrons. The van der Waals surface area contributed by atoms with Crippen LogP contribution in [0.4, 0.5) is 0 Å². The minimum Gasteiger partial charge on any atom is -0.449 e.